The predicted octanol–water partition coefficient (Wildman–Crippen LogP) is 0.915. The first-order valence-corrected chi connectivity index (χ1v) is 6.51. The molecule has 1 aliphatic rings. The summed E-state index contributed by atoms with van der Waals surface area (Å²) in [5, 5.41) is 21.9. The van der Waals surface area contributed by atoms with Crippen LogP contribution in [0.2, 0.25) is 0 Å². The minimum absolute atomic E-state index is 0.199. The number of nitrogens with one attached hydrogen (secondary N) is 1. The van der Waals surface area contributed by atoms with Gasteiger partial charge < -0.3 is 20.3 Å². The van der Waals surface area contributed by atoms with Crippen LogP contribution in [0.3, 0.4) is 0 Å². The second-order valence-corrected chi connectivity index (χ2v) is 6.18. The van der Waals surface area contributed by atoms with Crippen LogP contribution in [0.15, 0.2) is 0 Å². The lowest BCUT2D eigenvalue weighted by Gasteiger charge is -2.22. The van der Waals surface area contributed by atoms with Crippen molar-refractivity contribution in [3.05, 3.63) is 0 Å². The van der Waals surface area contributed by atoms with Crippen molar-refractivity contribution in [3.8, 4) is 0 Å². The lowest BCUT2D eigenvalue weighted by atomic mass is 10.0. The molecule has 0 bridgehead atoms. The van der Waals surface area contributed by atoms with Crippen LogP contribution in [-0.2, 0) is 4.74 Å². The maximum absolute atomic E-state index is 9.72. The van der Waals surface area contributed by atoms with Crippen LogP contribution in [0.4, 0.5) is 0 Å². The topological polar surface area (TPSA) is 61.7 Å². The van der Waals surface area contributed by atoms with E-state index in [-0.39, 0.29) is 12.2 Å². The standard InChI is InChI=1S/C13H27NO3/c1-12(2,3)17-9-11(16)8-14-10-13(4-5-13)6-7-15/h11,14-16H,4-10H2,1-3H3. The largest absolute Gasteiger partial charge is 0.396 e. The number of hydrogen-bond acceptors (Lipinski definition) is 4. The molecule has 102 valence electrons. The first kappa shape index (κ1) is 14.9. The Hall–Kier alpha value is -0.160. The van der Waals surface area contributed by atoms with Crippen LogP contribution >= 0.6 is 0 Å². The number of aliphatic hydroxyl groups is 2. The van der Waals surface area contributed by atoms with Gasteiger partial charge in [-0.2, -0.15) is 0 Å². The van der Waals surface area contributed by atoms with E-state index in [0.29, 0.717) is 18.6 Å². The molecule has 0 spiro atoms. The Morgan fingerprint density at radius 2 is 2.00 bits per heavy atom. The summed E-state index contributed by atoms with van der Waals surface area (Å²) < 4.78 is 5.51. The van der Waals surface area contributed by atoms with Crippen molar-refractivity contribution in [1.82, 2.24) is 5.32 Å². The summed E-state index contributed by atoms with van der Waals surface area (Å²) in [5.41, 5.74) is 0.106. The van der Waals surface area contributed by atoms with Crippen LogP contribution in [0.1, 0.15) is 40.0 Å². The summed E-state index contributed by atoms with van der Waals surface area (Å²) in [7, 11) is 0. The van der Waals surface area contributed by atoms with E-state index in [1.807, 2.05) is 20.8 Å². The maximum Gasteiger partial charge on any atom is 0.0897 e. The van der Waals surface area contributed by atoms with Crippen molar-refractivity contribution in [2.75, 3.05) is 26.3 Å². The molecule has 0 saturated heterocycles. The van der Waals surface area contributed by atoms with Gasteiger partial charge in [-0.15, -0.1) is 0 Å². The van der Waals surface area contributed by atoms with E-state index in [1.54, 1.807) is 0 Å². The Morgan fingerprint density at radius 3 is 2.47 bits per heavy atom. The molecule has 0 aromatic carbocycles. The third-order valence-corrected chi connectivity index (χ3v) is 3.19. The van der Waals surface area contributed by atoms with Crippen LogP contribution < -0.4 is 5.32 Å². The second-order valence-electron chi connectivity index (χ2n) is 6.18. The van der Waals surface area contributed by atoms with Crippen molar-refractivity contribution in [3.63, 3.8) is 0 Å². The molecule has 1 rings (SSSR count). The SMILES string of the molecule is CC(C)(C)OCC(O)CNCC1(CCO)CC1. The van der Waals surface area contributed by atoms with Gasteiger partial charge in [-0.3, -0.25) is 0 Å². The van der Waals surface area contributed by atoms with E-state index in [0.717, 1.165) is 13.0 Å². The summed E-state index contributed by atoms with van der Waals surface area (Å²) in [4.78, 5) is 0. The minimum Gasteiger partial charge on any atom is -0.396 e. The Kier molecular flexibility index (Phi) is 5.38. The van der Waals surface area contributed by atoms with Crippen molar-refractivity contribution in [2.45, 2.75) is 51.7 Å². The summed E-state index contributed by atoms with van der Waals surface area (Å²) in [6.07, 6.45) is 2.79. The molecule has 1 saturated carbocycles. The fourth-order valence-electron chi connectivity index (χ4n) is 1.84. The molecule has 0 aliphatic heterocycles. The van der Waals surface area contributed by atoms with Gasteiger partial charge in [0.2, 0.25) is 0 Å². The average Bonchev–Trinajstić information content (AvgIpc) is 2.95. The van der Waals surface area contributed by atoms with Crippen LogP contribution in [0.5, 0.6) is 0 Å². The van der Waals surface area contributed by atoms with E-state index in [9.17, 15) is 5.11 Å². The number of rotatable bonds is 8. The molecule has 1 unspecified atom stereocenters. The highest BCUT2D eigenvalue weighted by atomic mass is 16.5. The van der Waals surface area contributed by atoms with Gasteiger partial charge in [-0.25, -0.2) is 0 Å². The zero-order valence-corrected chi connectivity index (χ0v) is 11.3. The third kappa shape index (κ3) is 6.36. The first-order valence-electron chi connectivity index (χ1n) is 6.51. The summed E-state index contributed by atoms with van der Waals surface area (Å²) in [6.45, 7) is 8.01. The molecule has 0 aromatic heterocycles. The fraction of sp³-hybridized carbons (Fsp3) is 1.00. The van der Waals surface area contributed by atoms with Crippen molar-refractivity contribution < 1.29 is 14.9 Å². The van der Waals surface area contributed by atoms with Crippen LogP contribution in [-0.4, -0.2) is 48.2 Å². The summed E-state index contributed by atoms with van der Waals surface area (Å²) in [6, 6.07) is 0. The quantitative estimate of drug-likeness (QED) is 0.595. The second kappa shape index (κ2) is 6.14. The number of hydrogen-bond donors (Lipinski definition) is 3. The molecule has 1 atom stereocenters. The lowest BCUT2D eigenvalue weighted by Crippen LogP contribution is -2.36. The van der Waals surface area contributed by atoms with E-state index < -0.39 is 6.10 Å². The highest BCUT2D eigenvalue weighted by Crippen LogP contribution is 2.47. The summed E-state index contributed by atoms with van der Waals surface area (Å²) >= 11 is 0. The normalized spacial score (nSPS) is 20.3. The van der Waals surface area contributed by atoms with Crippen LogP contribution in [0, 0.1) is 5.41 Å². The molecule has 0 aromatic rings. The molecule has 1 fully saturated rings. The monoisotopic (exact) mass is 245 g/mol. The van der Waals surface area contributed by atoms with E-state index in [2.05, 4.69) is 5.32 Å². The van der Waals surface area contributed by atoms with Gasteiger partial charge in [0.05, 0.1) is 18.3 Å². The number of aliphatic hydroxyl groups excluding tert-OH is 2. The van der Waals surface area contributed by atoms with Gasteiger partial charge in [-0.1, -0.05) is 0 Å². The lowest BCUT2D eigenvalue weighted by molar-refractivity contribution is -0.0480. The highest BCUT2D eigenvalue weighted by Gasteiger charge is 2.41. The Bertz CT molecular complexity index is 221. The molecule has 3 N–H and O–H groups in total. The molecular formula is C13H27NO3. The number of ether oxygens (including phenoxy) is 1. The highest BCUT2D eigenvalue weighted by molar-refractivity contribution is 4.94. The van der Waals surface area contributed by atoms with Crippen molar-refractivity contribution in [1.29, 1.82) is 0 Å². The predicted molar refractivity (Wildman–Crippen MR) is 68.0 cm³/mol. The van der Waals surface area contributed by atoms with Crippen LogP contribution in [0.25, 0.3) is 0 Å². The van der Waals surface area contributed by atoms with E-state index in [4.69, 9.17) is 9.84 Å². The Morgan fingerprint density at radius 1 is 1.35 bits per heavy atom. The van der Waals surface area contributed by atoms with E-state index >= 15 is 0 Å². The van der Waals surface area contributed by atoms with Gasteiger partial charge in [0.1, 0.15) is 0 Å². The first-order chi connectivity index (χ1) is 7.87. The molecule has 4 nitrogen and oxygen atoms in total. The van der Waals surface area contributed by atoms with Crippen molar-refractivity contribution >= 4 is 0 Å². The molecule has 0 radical (unpaired) electrons. The third-order valence-electron chi connectivity index (χ3n) is 3.19. The van der Waals surface area contributed by atoms with Gasteiger partial charge in [0.15, 0.2) is 0 Å². The zero-order valence-electron chi connectivity index (χ0n) is 11.3. The molecule has 4 heteroatoms. The average molecular weight is 245 g/mol. The fourth-order valence-corrected chi connectivity index (χ4v) is 1.84. The smallest absolute Gasteiger partial charge is 0.0897 e. The summed E-state index contributed by atoms with van der Waals surface area (Å²) in [5.74, 6) is 0. The van der Waals surface area contributed by atoms with E-state index in [1.165, 1.54) is 12.8 Å². The minimum atomic E-state index is -0.459. The molecule has 0 heterocycles. The zero-order chi connectivity index (χ0) is 12.9. The Labute approximate surface area is 104 Å². The Balaban J connectivity index is 2.06. The van der Waals surface area contributed by atoms with Gasteiger partial charge in [0.25, 0.3) is 0 Å². The molecule has 1 aliphatic carbocycles. The van der Waals surface area contributed by atoms with Gasteiger partial charge >= 0.3 is 0 Å². The van der Waals surface area contributed by atoms with Gasteiger partial charge in [-0.05, 0) is 45.4 Å². The molecule has 0 amide bonds. The van der Waals surface area contributed by atoms with Gasteiger partial charge in [0, 0.05) is 19.7 Å². The maximum atomic E-state index is 9.72. The molecule has 17 heavy (non-hydrogen) atoms. The van der Waals surface area contributed by atoms with Crippen molar-refractivity contribution in [2.24, 2.45) is 5.41 Å². The molecular weight excluding hydrogens is 218 g/mol.